The number of anilines is 1. The van der Waals surface area contributed by atoms with E-state index in [4.69, 9.17) is 5.11 Å². The molecule has 0 bridgehead atoms. The minimum absolute atomic E-state index is 0.0460. The third kappa shape index (κ3) is 3.35. The molecule has 0 unspecified atom stereocenters. The van der Waals surface area contributed by atoms with Crippen LogP contribution in [0.25, 0.3) is 10.8 Å². The lowest BCUT2D eigenvalue weighted by atomic mass is 10.1. The van der Waals surface area contributed by atoms with Crippen molar-refractivity contribution in [3.63, 3.8) is 0 Å². The van der Waals surface area contributed by atoms with E-state index < -0.39 is 0 Å². The van der Waals surface area contributed by atoms with Crippen molar-refractivity contribution in [2.24, 2.45) is 0 Å². The zero-order chi connectivity index (χ0) is 13.7. The van der Waals surface area contributed by atoms with Gasteiger partial charge in [-0.2, -0.15) is 0 Å². The highest BCUT2D eigenvalue weighted by Crippen LogP contribution is 2.15. The molecule has 0 fully saturated rings. The Labute approximate surface area is 112 Å². The van der Waals surface area contributed by atoms with Crippen LogP contribution in [0.15, 0.2) is 35.1 Å². The summed E-state index contributed by atoms with van der Waals surface area (Å²) < 4.78 is 0. The lowest BCUT2D eigenvalue weighted by molar-refractivity contribution is 0.283. The third-order valence-electron chi connectivity index (χ3n) is 3.30. The predicted molar refractivity (Wildman–Crippen MR) is 78.8 cm³/mol. The molecule has 4 nitrogen and oxygen atoms in total. The normalized spacial score (nSPS) is 10.8. The van der Waals surface area contributed by atoms with Gasteiger partial charge in [0, 0.05) is 25.6 Å². The maximum absolute atomic E-state index is 12.0. The summed E-state index contributed by atoms with van der Waals surface area (Å²) in [4.78, 5) is 16.9. The van der Waals surface area contributed by atoms with Gasteiger partial charge in [0.25, 0.3) is 5.56 Å². The van der Waals surface area contributed by atoms with E-state index in [0.29, 0.717) is 0 Å². The zero-order valence-corrected chi connectivity index (χ0v) is 11.2. The van der Waals surface area contributed by atoms with Gasteiger partial charge in [-0.3, -0.25) is 4.79 Å². The van der Waals surface area contributed by atoms with Gasteiger partial charge in [0.1, 0.15) is 5.82 Å². The van der Waals surface area contributed by atoms with Gasteiger partial charge in [0.2, 0.25) is 0 Å². The molecule has 0 atom stereocenters. The number of benzene rings is 1. The van der Waals surface area contributed by atoms with E-state index in [1.165, 1.54) is 0 Å². The molecule has 0 saturated carbocycles. The molecule has 0 saturated heterocycles. The summed E-state index contributed by atoms with van der Waals surface area (Å²) in [5.41, 5.74) is -0.0460. The molecule has 1 heterocycles. The largest absolute Gasteiger partial charge is 0.396 e. The van der Waals surface area contributed by atoms with Crippen molar-refractivity contribution in [3.8, 4) is 0 Å². The van der Waals surface area contributed by atoms with Crippen molar-refractivity contribution in [1.29, 1.82) is 0 Å². The number of aromatic amines is 1. The SMILES string of the molecule is CN(CCCCCO)c1cc2ccccc2c(=O)[nH]1. The van der Waals surface area contributed by atoms with Gasteiger partial charge in [-0.25, -0.2) is 0 Å². The summed E-state index contributed by atoms with van der Waals surface area (Å²) >= 11 is 0. The van der Waals surface area contributed by atoms with Crippen LogP contribution in [0.1, 0.15) is 19.3 Å². The quantitative estimate of drug-likeness (QED) is 0.782. The average molecular weight is 260 g/mol. The van der Waals surface area contributed by atoms with Crippen LogP contribution < -0.4 is 10.5 Å². The molecular formula is C15H20N2O2. The van der Waals surface area contributed by atoms with E-state index in [1.54, 1.807) is 0 Å². The van der Waals surface area contributed by atoms with E-state index >= 15 is 0 Å². The molecule has 2 rings (SSSR count). The summed E-state index contributed by atoms with van der Waals surface area (Å²) in [6, 6.07) is 9.60. The van der Waals surface area contributed by atoms with Gasteiger partial charge >= 0.3 is 0 Å². The first kappa shape index (κ1) is 13.6. The Morgan fingerprint density at radius 2 is 2.00 bits per heavy atom. The van der Waals surface area contributed by atoms with Crippen LogP contribution in [0, 0.1) is 0 Å². The fourth-order valence-corrected chi connectivity index (χ4v) is 2.16. The Kier molecular flexibility index (Phi) is 4.58. The number of fused-ring (bicyclic) bond motifs is 1. The van der Waals surface area contributed by atoms with Crippen LogP contribution in [-0.2, 0) is 0 Å². The van der Waals surface area contributed by atoms with Crippen molar-refractivity contribution < 1.29 is 5.11 Å². The first-order valence-corrected chi connectivity index (χ1v) is 6.66. The number of aliphatic hydroxyl groups is 1. The molecule has 0 amide bonds. The van der Waals surface area contributed by atoms with Gasteiger partial charge < -0.3 is 15.0 Å². The van der Waals surface area contributed by atoms with Gasteiger partial charge in [-0.05, 0) is 36.8 Å². The Balaban J connectivity index is 2.14. The maximum atomic E-state index is 12.0. The van der Waals surface area contributed by atoms with Crippen LogP contribution >= 0.6 is 0 Å². The first-order chi connectivity index (χ1) is 9.22. The van der Waals surface area contributed by atoms with Crippen LogP contribution in [0.4, 0.5) is 5.82 Å². The van der Waals surface area contributed by atoms with E-state index in [-0.39, 0.29) is 12.2 Å². The molecule has 102 valence electrons. The van der Waals surface area contributed by atoms with Crippen molar-refractivity contribution >= 4 is 16.6 Å². The van der Waals surface area contributed by atoms with Crippen molar-refractivity contribution in [2.75, 3.05) is 25.1 Å². The average Bonchev–Trinajstić information content (AvgIpc) is 2.43. The summed E-state index contributed by atoms with van der Waals surface area (Å²) in [6.07, 6.45) is 2.84. The number of nitrogens with zero attached hydrogens (tertiary/aromatic N) is 1. The van der Waals surface area contributed by atoms with Crippen molar-refractivity contribution in [1.82, 2.24) is 4.98 Å². The number of hydrogen-bond donors (Lipinski definition) is 2. The zero-order valence-electron chi connectivity index (χ0n) is 11.2. The lowest BCUT2D eigenvalue weighted by Gasteiger charge is -2.19. The number of unbranched alkanes of at least 4 members (excludes halogenated alkanes) is 2. The third-order valence-corrected chi connectivity index (χ3v) is 3.30. The van der Waals surface area contributed by atoms with Crippen LogP contribution in [0.2, 0.25) is 0 Å². The van der Waals surface area contributed by atoms with Crippen LogP contribution in [0.3, 0.4) is 0 Å². The smallest absolute Gasteiger partial charge is 0.257 e. The van der Waals surface area contributed by atoms with E-state index in [1.807, 2.05) is 42.3 Å². The molecule has 0 radical (unpaired) electrons. The van der Waals surface area contributed by atoms with Crippen LogP contribution in [0.5, 0.6) is 0 Å². The van der Waals surface area contributed by atoms with Gasteiger partial charge in [0.05, 0.1) is 0 Å². The second kappa shape index (κ2) is 6.38. The van der Waals surface area contributed by atoms with Gasteiger partial charge in [-0.15, -0.1) is 0 Å². The Bertz CT molecular complexity index is 592. The molecule has 0 aliphatic rings. The highest BCUT2D eigenvalue weighted by molar-refractivity contribution is 5.83. The molecule has 0 aliphatic carbocycles. The summed E-state index contributed by atoms with van der Waals surface area (Å²) in [5.74, 6) is 0.840. The molecule has 19 heavy (non-hydrogen) atoms. The highest BCUT2D eigenvalue weighted by Gasteiger charge is 2.05. The second-order valence-electron chi connectivity index (χ2n) is 4.78. The number of H-pyrrole nitrogens is 1. The highest BCUT2D eigenvalue weighted by atomic mass is 16.2. The summed E-state index contributed by atoms with van der Waals surface area (Å²) in [5, 5.41) is 10.4. The molecular weight excluding hydrogens is 240 g/mol. The van der Waals surface area contributed by atoms with E-state index in [9.17, 15) is 4.79 Å². The Morgan fingerprint density at radius 3 is 2.79 bits per heavy atom. The summed E-state index contributed by atoms with van der Waals surface area (Å²) in [7, 11) is 1.97. The van der Waals surface area contributed by atoms with E-state index in [0.717, 1.165) is 42.4 Å². The molecule has 2 aromatic rings. The fourth-order valence-electron chi connectivity index (χ4n) is 2.16. The fraction of sp³-hybridized carbons (Fsp3) is 0.400. The first-order valence-electron chi connectivity index (χ1n) is 6.66. The molecule has 2 N–H and O–H groups in total. The Hall–Kier alpha value is -1.81. The van der Waals surface area contributed by atoms with Crippen LogP contribution in [-0.4, -0.2) is 30.3 Å². The van der Waals surface area contributed by atoms with Gasteiger partial charge in [0.15, 0.2) is 0 Å². The number of pyridine rings is 1. The minimum Gasteiger partial charge on any atom is -0.396 e. The van der Waals surface area contributed by atoms with Crippen molar-refractivity contribution in [2.45, 2.75) is 19.3 Å². The number of nitrogens with one attached hydrogen (secondary N) is 1. The molecule has 0 aliphatic heterocycles. The monoisotopic (exact) mass is 260 g/mol. The van der Waals surface area contributed by atoms with Gasteiger partial charge in [-0.1, -0.05) is 18.2 Å². The second-order valence-corrected chi connectivity index (χ2v) is 4.78. The lowest BCUT2D eigenvalue weighted by Crippen LogP contribution is -2.22. The van der Waals surface area contributed by atoms with E-state index in [2.05, 4.69) is 4.98 Å². The molecule has 1 aromatic heterocycles. The number of aliphatic hydroxyl groups excluding tert-OH is 1. The predicted octanol–water partition coefficient (Wildman–Crippen LogP) is 2.13. The Morgan fingerprint density at radius 1 is 1.21 bits per heavy atom. The minimum atomic E-state index is -0.0460. The molecule has 1 aromatic carbocycles. The summed E-state index contributed by atoms with van der Waals surface area (Å²) in [6.45, 7) is 1.12. The number of rotatable bonds is 6. The maximum Gasteiger partial charge on any atom is 0.257 e. The number of hydrogen-bond acceptors (Lipinski definition) is 3. The topological polar surface area (TPSA) is 56.3 Å². The molecule has 4 heteroatoms. The van der Waals surface area contributed by atoms with Crippen molar-refractivity contribution in [3.05, 3.63) is 40.7 Å². The molecule has 0 spiro atoms. The number of aromatic nitrogens is 1. The standard InChI is InChI=1S/C15H20N2O2/c1-17(9-5-2-6-10-18)14-11-12-7-3-4-8-13(12)15(19)16-14/h3-4,7-8,11,18H,2,5-6,9-10H2,1H3,(H,16,19).